The van der Waals surface area contributed by atoms with E-state index in [2.05, 4.69) is 13.8 Å². The summed E-state index contributed by atoms with van der Waals surface area (Å²) in [5.74, 6) is 1.09. The van der Waals surface area contributed by atoms with Crippen molar-refractivity contribution in [2.24, 2.45) is 11.8 Å². The minimum absolute atomic E-state index is 0.0796. The molecule has 26 heavy (non-hydrogen) atoms. The summed E-state index contributed by atoms with van der Waals surface area (Å²) >= 11 is 0. The molecule has 0 rings (SSSR count). The molecule has 0 aliphatic carbocycles. The number of carbonyl (C=O) groups excluding carboxylic acids is 1. The fourth-order valence-electron chi connectivity index (χ4n) is 2.64. The highest BCUT2D eigenvalue weighted by Crippen LogP contribution is 2.16. The van der Waals surface area contributed by atoms with Crippen LogP contribution in [0.2, 0.25) is 0 Å². The van der Waals surface area contributed by atoms with Crippen molar-refractivity contribution < 1.29 is 23.7 Å². The summed E-state index contributed by atoms with van der Waals surface area (Å²) in [5, 5.41) is 0. The SMILES string of the molecule is CCCC(CC)CCCOCCOCCOCCOCC(=O)C(C)CC. The topological polar surface area (TPSA) is 54.0 Å². The monoisotopic (exact) mass is 374 g/mol. The number of hydrogen-bond donors (Lipinski definition) is 0. The van der Waals surface area contributed by atoms with Crippen molar-refractivity contribution in [3.05, 3.63) is 0 Å². The summed E-state index contributed by atoms with van der Waals surface area (Å²) in [6, 6.07) is 0. The van der Waals surface area contributed by atoms with Gasteiger partial charge in [0, 0.05) is 12.5 Å². The lowest BCUT2D eigenvalue weighted by molar-refractivity contribution is -0.127. The third-order valence-corrected chi connectivity index (χ3v) is 4.70. The molecular formula is C21H42O5. The molecule has 2 unspecified atom stereocenters. The molecule has 156 valence electrons. The Balaban J connectivity index is 3.21. The normalized spacial score (nSPS) is 13.7. The molecule has 0 radical (unpaired) electrons. The molecule has 0 spiro atoms. The third-order valence-electron chi connectivity index (χ3n) is 4.70. The van der Waals surface area contributed by atoms with Crippen LogP contribution in [-0.2, 0) is 23.7 Å². The second kappa shape index (κ2) is 19.3. The Morgan fingerprint density at radius 2 is 1.27 bits per heavy atom. The molecule has 0 saturated carbocycles. The van der Waals surface area contributed by atoms with Gasteiger partial charge in [0.25, 0.3) is 0 Å². The van der Waals surface area contributed by atoms with Crippen LogP contribution in [0.4, 0.5) is 0 Å². The maximum Gasteiger partial charge on any atom is 0.161 e. The van der Waals surface area contributed by atoms with Crippen LogP contribution in [0.25, 0.3) is 0 Å². The van der Waals surface area contributed by atoms with Gasteiger partial charge in [-0.15, -0.1) is 0 Å². The average molecular weight is 375 g/mol. The van der Waals surface area contributed by atoms with E-state index in [1.165, 1.54) is 25.7 Å². The van der Waals surface area contributed by atoms with Gasteiger partial charge in [-0.25, -0.2) is 0 Å². The quantitative estimate of drug-likeness (QED) is 0.298. The molecule has 2 atom stereocenters. The Kier molecular flexibility index (Phi) is 18.9. The van der Waals surface area contributed by atoms with Crippen molar-refractivity contribution >= 4 is 5.78 Å². The fourth-order valence-corrected chi connectivity index (χ4v) is 2.64. The van der Waals surface area contributed by atoms with Crippen molar-refractivity contribution in [1.82, 2.24) is 0 Å². The number of ether oxygens (including phenoxy) is 4. The van der Waals surface area contributed by atoms with Crippen LogP contribution in [0.15, 0.2) is 0 Å². The van der Waals surface area contributed by atoms with Crippen molar-refractivity contribution in [1.29, 1.82) is 0 Å². The van der Waals surface area contributed by atoms with Crippen molar-refractivity contribution in [3.63, 3.8) is 0 Å². The Morgan fingerprint density at radius 1 is 0.731 bits per heavy atom. The van der Waals surface area contributed by atoms with E-state index >= 15 is 0 Å². The van der Waals surface area contributed by atoms with Gasteiger partial charge in [-0.05, 0) is 25.2 Å². The number of rotatable bonds is 20. The summed E-state index contributed by atoms with van der Waals surface area (Å²) in [6.45, 7) is 12.8. The molecule has 0 aliphatic heterocycles. The van der Waals surface area contributed by atoms with Crippen LogP contribution in [0.5, 0.6) is 0 Å². The Labute approximate surface area is 161 Å². The van der Waals surface area contributed by atoms with Gasteiger partial charge in [0.15, 0.2) is 5.78 Å². The van der Waals surface area contributed by atoms with E-state index in [9.17, 15) is 4.79 Å². The highest BCUT2D eigenvalue weighted by Gasteiger charge is 2.09. The molecule has 0 saturated heterocycles. The van der Waals surface area contributed by atoms with E-state index < -0.39 is 0 Å². The fraction of sp³-hybridized carbons (Fsp3) is 0.952. The minimum Gasteiger partial charge on any atom is -0.379 e. The second-order valence-corrected chi connectivity index (χ2v) is 6.87. The molecule has 0 fully saturated rings. The van der Waals surface area contributed by atoms with Gasteiger partial charge in [-0.2, -0.15) is 0 Å². The van der Waals surface area contributed by atoms with Crippen molar-refractivity contribution in [2.75, 3.05) is 52.9 Å². The Hall–Kier alpha value is -0.490. The first kappa shape index (κ1) is 25.5. The number of carbonyl (C=O) groups is 1. The molecule has 0 aromatic carbocycles. The number of hydrogen-bond acceptors (Lipinski definition) is 5. The van der Waals surface area contributed by atoms with Crippen molar-refractivity contribution in [3.8, 4) is 0 Å². The van der Waals surface area contributed by atoms with E-state index in [-0.39, 0.29) is 18.3 Å². The lowest BCUT2D eigenvalue weighted by Crippen LogP contribution is -2.19. The predicted molar refractivity (Wildman–Crippen MR) is 106 cm³/mol. The van der Waals surface area contributed by atoms with Gasteiger partial charge in [0.05, 0.1) is 39.6 Å². The second-order valence-electron chi connectivity index (χ2n) is 6.87. The zero-order chi connectivity index (χ0) is 19.5. The summed E-state index contributed by atoms with van der Waals surface area (Å²) in [4.78, 5) is 11.6. The van der Waals surface area contributed by atoms with Crippen LogP contribution in [0.1, 0.15) is 66.2 Å². The Morgan fingerprint density at radius 3 is 1.77 bits per heavy atom. The summed E-state index contributed by atoms with van der Waals surface area (Å²) in [5.41, 5.74) is 0. The third kappa shape index (κ3) is 15.7. The van der Waals surface area contributed by atoms with Gasteiger partial charge in [-0.3, -0.25) is 4.79 Å². The molecule has 0 aliphatic rings. The lowest BCUT2D eigenvalue weighted by Gasteiger charge is -2.13. The molecule has 0 N–H and O–H groups in total. The summed E-state index contributed by atoms with van der Waals surface area (Å²) in [7, 11) is 0. The number of Topliss-reactive ketones (excluding diaryl/α,β-unsaturated/α-hetero) is 1. The maximum atomic E-state index is 11.6. The molecule has 0 heterocycles. The maximum absolute atomic E-state index is 11.6. The van der Waals surface area contributed by atoms with E-state index in [1.54, 1.807) is 0 Å². The van der Waals surface area contributed by atoms with Crippen LogP contribution < -0.4 is 0 Å². The summed E-state index contributed by atoms with van der Waals surface area (Å²) in [6.07, 6.45) is 7.15. The van der Waals surface area contributed by atoms with E-state index in [0.717, 1.165) is 25.4 Å². The molecule has 0 bridgehead atoms. The van der Waals surface area contributed by atoms with E-state index in [4.69, 9.17) is 18.9 Å². The first-order valence-electron chi connectivity index (χ1n) is 10.5. The van der Waals surface area contributed by atoms with Crippen LogP contribution >= 0.6 is 0 Å². The van der Waals surface area contributed by atoms with E-state index in [0.29, 0.717) is 39.6 Å². The Bertz CT molecular complexity index is 309. The van der Waals surface area contributed by atoms with Crippen LogP contribution in [-0.4, -0.2) is 58.6 Å². The average Bonchev–Trinajstić information content (AvgIpc) is 2.66. The minimum atomic E-state index is 0.0796. The van der Waals surface area contributed by atoms with Crippen LogP contribution in [0.3, 0.4) is 0 Å². The largest absolute Gasteiger partial charge is 0.379 e. The molecular weight excluding hydrogens is 332 g/mol. The van der Waals surface area contributed by atoms with E-state index in [1.807, 2.05) is 13.8 Å². The standard InChI is InChI=1S/C21H42O5/c1-5-9-20(7-3)10-8-11-23-12-13-24-14-15-25-16-17-26-18-21(22)19(4)6-2/h19-20H,5-18H2,1-4H3. The summed E-state index contributed by atoms with van der Waals surface area (Å²) < 4.78 is 21.8. The van der Waals surface area contributed by atoms with Gasteiger partial charge < -0.3 is 18.9 Å². The van der Waals surface area contributed by atoms with Gasteiger partial charge in [-0.1, -0.05) is 47.0 Å². The predicted octanol–water partition coefficient (Wildman–Crippen LogP) is 4.27. The molecule has 0 aromatic rings. The zero-order valence-corrected chi connectivity index (χ0v) is 17.6. The molecule has 0 amide bonds. The first-order chi connectivity index (χ1) is 12.7. The number of ketones is 1. The first-order valence-corrected chi connectivity index (χ1v) is 10.5. The van der Waals surface area contributed by atoms with Crippen LogP contribution in [0, 0.1) is 11.8 Å². The molecule has 0 aromatic heterocycles. The van der Waals surface area contributed by atoms with Gasteiger partial charge >= 0.3 is 0 Å². The molecule has 5 heteroatoms. The molecule has 5 nitrogen and oxygen atoms in total. The van der Waals surface area contributed by atoms with Gasteiger partial charge in [0.2, 0.25) is 0 Å². The highest BCUT2D eigenvalue weighted by molar-refractivity contribution is 5.81. The van der Waals surface area contributed by atoms with Gasteiger partial charge in [0.1, 0.15) is 6.61 Å². The zero-order valence-electron chi connectivity index (χ0n) is 17.6. The lowest BCUT2D eigenvalue weighted by atomic mass is 9.96. The van der Waals surface area contributed by atoms with Crippen molar-refractivity contribution in [2.45, 2.75) is 66.2 Å². The smallest absolute Gasteiger partial charge is 0.161 e. The highest BCUT2D eigenvalue weighted by atomic mass is 16.6.